The van der Waals surface area contributed by atoms with Crippen molar-refractivity contribution in [1.29, 1.82) is 0 Å². The molecule has 0 heterocycles. The molecule has 7 heteroatoms. The third-order valence-electron chi connectivity index (χ3n) is 3.92. The lowest BCUT2D eigenvalue weighted by Gasteiger charge is -2.13. The molecular formula is C21H25Br2NO4. The van der Waals surface area contributed by atoms with Crippen LogP contribution in [0.3, 0.4) is 0 Å². The van der Waals surface area contributed by atoms with Gasteiger partial charge in [-0.1, -0.05) is 35.8 Å². The van der Waals surface area contributed by atoms with Gasteiger partial charge in [-0.2, -0.15) is 0 Å². The summed E-state index contributed by atoms with van der Waals surface area (Å²) < 4.78 is 18.5. The number of carbonyl (C=O) groups is 1. The highest BCUT2D eigenvalue weighted by atomic mass is 79.9. The van der Waals surface area contributed by atoms with E-state index in [2.05, 4.69) is 51.0 Å². The minimum Gasteiger partial charge on any atom is -0.493 e. The largest absolute Gasteiger partial charge is 0.493 e. The lowest BCUT2D eigenvalue weighted by molar-refractivity contribution is -0.123. The molecule has 0 saturated heterocycles. The van der Waals surface area contributed by atoms with Crippen LogP contribution in [0.15, 0.2) is 45.3 Å². The highest BCUT2D eigenvalue weighted by molar-refractivity contribution is 9.11. The van der Waals surface area contributed by atoms with Gasteiger partial charge in [-0.15, -0.1) is 0 Å². The summed E-state index contributed by atoms with van der Waals surface area (Å²) in [5.41, 5.74) is 0.922. The first-order valence-electron chi connectivity index (χ1n) is 9.03. The smallest absolute Gasteiger partial charge is 0.258 e. The summed E-state index contributed by atoms with van der Waals surface area (Å²) in [5.74, 6) is 2.36. The average molecular weight is 515 g/mol. The van der Waals surface area contributed by atoms with Gasteiger partial charge in [0.1, 0.15) is 5.75 Å². The normalized spacial score (nSPS) is 10.6. The molecule has 1 N–H and O–H groups in total. The Balaban J connectivity index is 1.84. The van der Waals surface area contributed by atoms with Gasteiger partial charge in [-0.3, -0.25) is 4.79 Å². The van der Waals surface area contributed by atoms with Crippen LogP contribution in [-0.2, 0) is 11.3 Å². The lowest BCUT2D eigenvalue weighted by atomic mass is 10.1. The summed E-state index contributed by atoms with van der Waals surface area (Å²) in [6.45, 7) is 5.28. The second-order valence-electron chi connectivity index (χ2n) is 6.66. The van der Waals surface area contributed by atoms with Crippen LogP contribution in [0.2, 0.25) is 0 Å². The van der Waals surface area contributed by atoms with Crippen molar-refractivity contribution in [2.45, 2.75) is 26.8 Å². The number of ether oxygens (including phenoxy) is 3. The maximum atomic E-state index is 12.1. The van der Waals surface area contributed by atoms with Gasteiger partial charge in [0, 0.05) is 11.0 Å². The monoisotopic (exact) mass is 513 g/mol. The molecule has 28 heavy (non-hydrogen) atoms. The van der Waals surface area contributed by atoms with Crippen LogP contribution in [0.5, 0.6) is 17.2 Å². The Kier molecular flexibility index (Phi) is 9.12. The molecular weight excluding hydrogens is 490 g/mol. The molecule has 0 aliphatic carbocycles. The molecule has 152 valence electrons. The Morgan fingerprint density at radius 3 is 2.46 bits per heavy atom. The van der Waals surface area contributed by atoms with Crippen LogP contribution in [-0.4, -0.2) is 26.2 Å². The van der Waals surface area contributed by atoms with Crippen molar-refractivity contribution in [3.63, 3.8) is 0 Å². The maximum Gasteiger partial charge on any atom is 0.258 e. The molecule has 0 radical (unpaired) electrons. The van der Waals surface area contributed by atoms with E-state index < -0.39 is 0 Å². The Labute approximate surface area is 183 Å². The molecule has 2 aromatic rings. The highest BCUT2D eigenvalue weighted by Gasteiger charge is 2.09. The van der Waals surface area contributed by atoms with Crippen LogP contribution in [0, 0.1) is 5.92 Å². The fourth-order valence-corrected chi connectivity index (χ4v) is 3.49. The molecule has 5 nitrogen and oxygen atoms in total. The number of amides is 1. The number of carbonyl (C=O) groups excluding carboxylic acids is 1. The van der Waals surface area contributed by atoms with E-state index in [9.17, 15) is 4.79 Å². The number of methoxy groups -OCH3 is 1. The van der Waals surface area contributed by atoms with Crippen molar-refractivity contribution in [2.24, 2.45) is 5.92 Å². The molecule has 0 atom stereocenters. The van der Waals surface area contributed by atoms with E-state index in [1.807, 2.05) is 30.3 Å². The molecule has 0 saturated carbocycles. The molecule has 0 aliphatic heterocycles. The van der Waals surface area contributed by atoms with Gasteiger partial charge >= 0.3 is 0 Å². The van der Waals surface area contributed by atoms with E-state index in [4.69, 9.17) is 14.2 Å². The van der Waals surface area contributed by atoms with Crippen molar-refractivity contribution >= 4 is 37.8 Å². The number of hydrogen-bond acceptors (Lipinski definition) is 4. The molecule has 0 aromatic heterocycles. The van der Waals surface area contributed by atoms with Gasteiger partial charge in [0.2, 0.25) is 0 Å². The minimum absolute atomic E-state index is 0.0617. The zero-order valence-electron chi connectivity index (χ0n) is 16.3. The number of rotatable bonds is 10. The van der Waals surface area contributed by atoms with Crippen molar-refractivity contribution < 1.29 is 19.0 Å². The van der Waals surface area contributed by atoms with Crippen molar-refractivity contribution in [2.75, 3.05) is 20.3 Å². The van der Waals surface area contributed by atoms with Crippen molar-refractivity contribution in [3.8, 4) is 17.2 Å². The predicted octanol–water partition coefficient (Wildman–Crippen LogP) is 5.34. The Hall–Kier alpha value is -1.73. The van der Waals surface area contributed by atoms with Crippen LogP contribution in [0.1, 0.15) is 25.8 Å². The zero-order chi connectivity index (χ0) is 20.5. The predicted molar refractivity (Wildman–Crippen MR) is 117 cm³/mol. The van der Waals surface area contributed by atoms with Gasteiger partial charge < -0.3 is 19.5 Å². The molecule has 0 fully saturated rings. The molecule has 2 aromatic carbocycles. The minimum atomic E-state index is -0.203. The van der Waals surface area contributed by atoms with E-state index in [1.165, 1.54) is 0 Å². The third kappa shape index (κ3) is 7.36. The fourth-order valence-electron chi connectivity index (χ4n) is 2.33. The molecule has 0 unspecified atom stereocenters. The second-order valence-corrected chi connectivity index (χ2v) is 8.43. The van der Waals surface area contributed by atoms with Crippen LogP contribution in [0.25, 0.3) is 0 Å². The van der Waals surface area contributed by atoms with E-state index in [0.29, 0.717) is 36.3 Å². The molecule has 2 rings (SSSR count). The first-order valence-corrected chi connectivity index (χ1v) is 10.6. The van der Waals surface area contributed by atoms with Crippen molar-refractivity contribution in [1.82, 2.24) is 5.32 Å². The number of halogens is 2. The summed E-state index contributed by atoms with van der Waals surface area (Å²) in [7, 11) is 1.61. The Morgan fingerprint density at radius 2 is 1.79 bits per heavy atom. The summed E-state index contributed by atoms with van der Waals surface area (Å²) in [6.07, 6.45) is 0.982. The first-order chi connectivity index (χ1) is 13.4. The Bertz CT molecular complexity index is 796. The van der Waals surface area contributed by atoms with Gasteiger partial charge in [-0.05, 0) is 64.2 Å². The summed E-state index contributed by atoms with van der Waals surface area (Å²) >= 11 is 6.79. The van der Waals surface area contributed by atoms with Gasteiger partial charge in [0.15, 0.2) is 18.1 Å². The fraction of sp³-hybridized carbons (Fsp3) is 0.381. The highest BCUT2D eigenvalue weighted by Crippen LogP contribution is 2.29. The first kappa shape index (κ1) is 22.6. The van der Waals surface area contributed by atoms with E-state index in [0.717, 1.165) is 20.9 Å². The molecule has 0 spiro atoms. The van der Waals surface area contributed by atoms with Crippen LogP contribution < -0.4 is 19.5 Å². The van der Waals surface area contributed by atoms with Crippen molar-refractivity contribution in [3.05, 3.63) is 50.9 Å². The quantitative estimate of drug-likeness (QED) is 0.465. The summed E-state index contributed by atoms with van der Waals surface area (Å²) in [6, 6.07) is 11.2. The SMILES string of the molecule is COc1cc(CNC(=O)COc2ccc(Br)cc2Br)ccc1OCCC(C)C. The summed E-state index contributed by atoms with van der Waals surface area (Å²) in [4.78, 5) is 12.1. The van der Waals surface area contributed by atoms with Gasteiger partial charge in [0.05, 0.1) is 18.2 Å². The molecule has 0 bridgehead atoms. The van der Waals surface area contributed by atoms with Crippen LogP contribution >= 0.6 is 31.9 Å². The van der Waals surface area contributed by atoms with E-state index in [-0.39, 0.29) is 12.5 Å². The number of hydrogen-bond donors (Lipinski definition) is 1. The van der Waals surface area contributed by atoms with Gasteiger partial charge in [-0.25, -0.2) is 0 Å². The third-order valence-corrected chi connectivity index (χ3v) is 5.04. The molecule has 1 amide bonds. The molecule has 0 aliphatic rings. The number of benzene rings is 2. The standard InChI is InChI=1S/C21H25Br2NO4/c1-14(2)8-9-27-19-6-4-15(10-20(19)26-3)12-24-21(25)13-28-18-7-5-16(22)11-17(18)23/h4-7,10-11,14H,8-9,12-13H2,1-3H3,(H,24,25). The van der Waals surface area contributed by atoms with Gasteiger partial charge in [0.25, 0.3) is 5.91 Å². The topological polar surface area (TPSA) is 56.8 Å². The Morgan fingerprint density at radius 1 is 1.04 bits per heavy atom. The average Bonchev–Trinajstić information content (AvgIpc) is 2.66. The van der Waals surface area contributed by atoms with E-state index in [1.54, 1.807) is 13.2 Å². The lowest BCUT2D eigenvalue weighted by Crippen LogP contribution is -2.28. The number of nitrogens with one attached hydrogen (secondary N) is 1. The van der Waals surface area contributed by atoms with E-state index >= 15 is 0 Å². The van der Waals surface area contributed by atoms with Crippen LogP contribution in [0.4, 0.5) is 0 Å². The zero-order valence-corrected chi connectivity index (χ0v) is 19.4. The maximum absolute atomic E-state index is 12.1. The summed E-state index contributed by atoms with van der Waals surface area (Å²) in [5, 5.41) is 2.84. The second kappa shape index (κ2) is 11.3.